The van der Waals surface area contributed by atoms with Crippen LogP contribution in [0.25, 0.3) is 0 Å². The molecular weight excluding hydrogens is 931 g/mol. The van der Waals surface area contributed by atoms with E-state index in [2.05, 4.69) is 74.7 Å². The normalized spacial score (nSPS) is 19.7. The summed E-state index contributed by atoms with van der Waals surface area (Å²) in [4.78, 5) is 26.5. The van der Waals surface area contributed by atoms with Crippen molar-refractivity contribution in [1.82, 2.24) is 5.32 Å². The molecule has 1 fully saturated rings. The predicted octanol–water partition coefficient (Wildman–Crippen LogP) is 14.2. The summed E-state index contributed by atoms with van der Waals surface area (Å²) in [5.74, 6) is -1.21. The molecule has 0 saturated carbocycles. The summed E-state index contributed by atoms with van der Waals surface area (Å²) in [6.07, 6.45) is 52.7. The van der Waals surface area contributed by atoms with Crippen LogP contribution in [0.1, 0.15) is 265 Å². The second kappa shape index (κ2) is 51.1. The Morgan fingerprint density at radius 3 is 1.47 bits per heavy atom. The molecule has 0 aromatic heterocycles. The number of amides is 1. The van der Waals surface area contributed by atoms with Crippen molar-refractivity contribution >= 4 is 11.9 Å². The molecule has 1 rings (SSSR count). The molecule has 0 aromatic carbocycles. The highest BCUT2D eigenvalue weighted by molar-refractivity contribution is 5.80. The van der Waals surface area contributed by atoms with E-state index in [0.29, 0.717) is 12.8 Å². The molecule has 0 aromatic rings. The quantitative estimate of drug-likeness (QED) is 0.0195. The van der Waals surface area contributed by atoms with Gasteiger partial charge in [0.15, 0.2) is 12.4 Å². The number of hydrogen-bond donors (Lipinski definition) is 6. The van der Waals surface area contributed by atoms with Gasteiger partial charge >= 0.3 is 5.97 Å². The Kier molecular flexibility index (Phi) is 47.9. The van der Waals surface area contributed by atoms with Crippen LogP contribution in [-0.2, 0) is 23.8 Å². The van der Waals surface area contributed by atoms with E-state index < -0.39 is 67.4 Å². The molecular formula is C63H113NO10. The second-order valence-electron chi connectivity index (χ2n) is 21.1. The number of ether oxygens (including phenoxy) is 3. The van der Waals surface area contributed by atoms with E-state index in [1.54, 1.807) is 6.08 Å². The molecule has 1 aliphatic heterocycles. The summed E-state index contributed by atoms with van der Waals surface area (Å²) in [6, 6.07) is -1.03. The SMILES string of the molecule is CCCC/C=C\CCCCCCC(O)C(=O)NC(COC1OC(CO)C(O)C(O)C1OC(=O)CCCCCCCCCCCC/C=C\C/C=C\C/C=C\CCCCC)C(O)/C=C/CCCCCCCCCCCC. The average Bonchev–Trinajstić information content (AvgIpc) is 3.40. The Morgan fingerprint density at radius 1 is 0.527 bits per heavy atom. The number of allylic oxidation sites excluding steroid dienone is 9. The molecule has 0 radical (unpaired) electrons. The molecule has 0 aliphatic carbocycles. The summed E-state index contributed by atoms with van der Waals surface area (Å²) in [5.41, 5.74) is 0. The minimum atomic E-state index is -1.62. The summed E-state index contributed by atoms with van der Waals surface area (Å²) in [7, 11) is 0. The van der Waals surface area contributed by atoms with Gasteiger partial charge in [-0.3, -0.25) is 9.59 Å². The van der Waals surface area contributed by atoms with Crippen molar-refractivity contribution in [1.29, 1.82) is 0 Å². The summed E-state index contributed by atoms with van der Waals surface area (Å²) < 4.78 is 17.6. The van der Waals surface area contributed by atoms with E-state index in [-0.39, 0.29) is 19.4 Å². The van der Waals surface area contributed by atoms with Gasteiger partial charge in [-0.2, -0.15) is 0 Å². The van der Waals surface area contributed by atoms with Crippen LogP contribution in [0.15, 0.2) is 60.8 Å². The fraction of sp³-hybridized carbons (Fsp3) is 0.810. The second-order valence-corrected chi connectivity index (χ2v) is 21.1. The molecule has 1 heterocycles. The van der Waals surface area contributed by atoms with Crippen LogP contribution in [0.2, 0.25) is 0 Å². The van der Waals surface area contributed by atoms with E-state index in [1.165, 1.54) is 128 Å². The highest BCUT2D eigenvalue weighted by Crippen LogP contribution is 2.26. The average molecular weight is 1040 g/mol. The van der Waals surface area contributed by atoms with Gasteiger partial charge in [0.2, 0.25) is 5.91 Å². The van der Waals surface area contributed by atoms with Crippen molar-refractivity contribution in [3.8, 4) is 0 Å². The molecule has 1 amide bonds. The molecule has 430 valence electrons. The first-order valence-corrected chi connectivity index (χ1v) is 30.6. The standard InChI is InChI=1S/C63H113NO10/c1-4-7-10-13-16-19-22-24-25-26-27-28-29-30-31-32-33-34-36-39-42-45-48-51-58(68)74-61-60(70)59(69)57(52-65)73-63(61)72-53-54(55(66)49-46-43-40-38-35-23-20-17-14-11-8-5-2)64-62(71)56(67)50-47-44-41-37-21-18-15-12-9-6-3/h15-16,18-19,24-25,27-28,46,49,54-57,59-61,63,65-67,69-70H,4-14,17,20-23,26,29-45,47-48,50-53H2,1-3H3,(H,64,71)/b18-15-,19-16-,25-24-,28-27-,49-46+. The molecule has 1 saturated heterocycles. The lowest BCUT2D eigenvalue weighted by molar-refractivity contribution is -0.305. The van der Waals surface area contributed by atoms with Crippen LogP contribution >= 0.6 is 0 Å². The minimum Gasteiger partial charge on any atom is -0.454 e. The lowest BCUT2D eigenvalue weighted by Gasteiger charge is -2.41. The van der Waals surface area contributed by atoms with E-state index in [9.17, 15) is 35.1 Å². The molecule has 1 aliphatic rings. The Labute approximate surface area is 452 Å². The third kappa shape index (κ3) is 38.8. The first-order valence-electron chi connectivity index (χ1n) is 30.6. The molecule has 8 unspecified atom stereocenters. The maximum atomic E-state index is 13.3. The van der Waals surface area contributed by atoms with Crippen molar-refractivity contribution in [2.24, 2.45) is 0 Å². The first-order chi connectivity index (χ1) is 36.2. The van der Waals surface area contributed by atoms with Gasteiger partial charge in [-0.15, -0.1) is 0 Å². The van der Waals surface area contributed by atoms with Crippen molar-refractivity contribution in [2.45, 2.75) is 314 Å². The van der Waals surface area contributed by atoms with E-state index in [4.69, 9.17) is 14.2 Å². The van der Waals surface area contributed by atoms with Gasteiger partial charge in [0.25, 0.3) is 0 Å². The third-order valence-electron chi connectivity index (χ3n) is 14.1. The Bertz CT molecular complexity index is 1430. The van der Waals surface area contributed by atoms with E-state index in [1.807, 2.05) is 6.08 Å². The van der Waals surface area contributed by atoms with Gasteiger partial charge in [-0.1, -0.05) is 236 Å². The molecule has 0 spiro atoms. The monoisotopic (exact) mass is 1040 g/mol. The van der Waals surface area contributed by atoms with Gasteiger partial charge in [0.05, 0.1) is 25.4 Å². The predicted molar refractivity (Wildman–Crippen MR) is 306 cm³/mol. The number of nitrogens with one attached hydrogen (secondary N) is 1. The van der Waals surface area contributed by atoms with Crippen LogP contribution in [0.5, 0.6) is 0 Å². The van der Waals surface area contributed by atoms with Crippen LogP contribution in [0, 0.1) is 0 Å². The summed E-state index contributed by atoms with van der Waals surface area (Å²) in [5, 5.41) is 56.8. The summed E-state index contributed by atoms with van der Waals surface area (Å²) >= 11 is 0. The zero-order valence-corrected chi connectivity index (χ0v) is 47.5. The Hall–Kier alpha value is -2.64. The van der Waals surface area contributed by atoms with Crippen molar-refractivity contribution in [3.05, 3.63) is 60.8 Å². The maximum Gasteiger partial charge on any atom is 0.306 e. The van der Waals surface area contributed by atoms with Gasteiger partial charge in [-0.05, 0) is 83.5 Å². The molecule has 6 N–H and O–H groups in total. The number of aliphatic hydroxyl groups is 5. The zero-order chi connectivity index (χ0) is 54.0. The zero-order valence-electron chi connectivity index (χ0n) is 47.5. The number of carbonyl (C=O) groups excluding carboxylic acids is 2. The number of carbonyl (C=O) groups is 2. The van der Waals surface area contributed by atoms with Crippen molar-refractivity contribution < 1.29 is 49.3 Å². The molecule has 11 heteroatoms. The van der Waals surface area contributed by atoms with Crippen LogP contribution in [0.3, 0.4) is 0 Å². The molecule has 0 bridgehead atoms. The maximum absolute atomic E-state index is 13.3. The van der Waals surface area contributed by atoms with Crippen LogP contribution < -0.4 is 5.32 Å². The topological polar surface area (TPSA) is 175 Å². The summed E-state index contributed by atoms with van der Waals surface area (Å²) in [6.45, 7) is 5.70. The first kappa shape index (κ1) is 69.4. The lowest BCUT2D eigenvalue weighted by Crippen LogP contribution is -2.61. The minimum absolute atomic E-state index is 0.117. The Balaban J connectivity index is 2.62. The van der Waals surface area contributed by atoms with Crippen LogP contribution in [0.4, 0.5) is 0 Å². The van der Waals surface area contributed by atoms with Crippen molar-refractivity contribution in [2.75, 3.05) is 13.2 Å². The van der Waals surface area contributed by atoms with Gasteiger partial charge in [-0.25, -0.2) is 0 Å². The smallest absolute Gasteiger partial charge is 0.306 e. The number of rotatable bonds is 51. The highest BCUT2D eigenvalue weighted by atomic mass is 16.7. The molecule has 8 atom stereocenters. The van der Waals surface area contributed by atoms with Gasteiger partial charge in [0.1, 0.15) is 24.4 Å². The highest BCUT2D eigenvalue weighted by Gasteiger charge is 2.47. The van der Waals surface area contributed by atoms with E-state index >= 15 is 0 Å². The number of esters is 1. The van der Waals surface area contributed by atoms with E-state index in [0.717, 1.165) is 89.9 Å². The van der Waals surface area contributed by atoms with Gasteiger partial charge < -0.3 is 45.1 Å². The van der Waals surface area contributed by atoms with Gasteiger partial charge in [0, 0.05) is 6.42 Å². The number of unbranched alkanes of at least 4 members (excludes halogenated alkanes) is 29. The van der Waals surface area contributed by atoms with Crippen molar-refractivity contribution in [3.63, 3.8) is 0 Å². The number of aliphatic hydroxyl groups excluding tert-OH is 5. The third-order valence-corrected chi connectivity index (χ3v) is 14.1. The van der Waals surface area contributed by atoms with Crippen LogP contribution in [-0.4, -0.2) is 99.6 Å². The number of hydrogen-bond acceptors (Lipinski definition) is 10. The molecule has 11 nitrogen and oxygen atoms in total. The Morgan fingerprint density at radius 2 is 0.946 bits per heavy atom. The fourth-order valence-electron chi connectivity index (χ4n) is 9.23. The largest absolute Gasteiger partial charge is 0.454 e. The fourth-order valence-corrected chi connectivity index (χ4v) is 9.23. The molecule has 74 heavy (non-hydrogen) atoms. The lowest BCUT2D eigenvalue weighted by atomic mass is 9.99.